The molecular formula is C11H12Cl2N2O4. The van der Waals surface area contributed by atoms with Crippen molar-refractivity contribution in [3.63, 3.8) is 0 Å². The van der Waals surface area contributed by atoms with Crippen molar-refractivity contribution < 1.29 is 19.4 Å². The van der Waals surface area contributed by atoms with Crippen LogP contribution in [0.3, 0.4) is 0 Å². The molecule has 19 heavy (non-hydrogen) atoms. The van der Waals surface area contributed by atoms with Crippen molar-refractivity contribution in [2.75, 3.05) is 19.8 Å². The highest BCUT2D eigenvalue weighted by molar-refractivity contribution is 6.33. The molecule has 6 nitrogen and oxygen atoms in total. The standard InChI is InChI=1S/C11H12Cl2N2O4/c12-8-5-7(6-9(13)15-8)11(18)14-2-4-19-3-1-10(16)17/h5-6H,1-4H2,(H,14,18)(H,16,17). The van der Waals surface area contributed by atoms with Gasteiger partial charge >= 0.3 is 5.97 Å². The number of amides is 1. The molecule has 0 saturated carbocycles. The highest BCUT2D eigenvalue weighted by Gasteiger charge is 2.08. The summed E-state index contributed by atoms with van der Waals surface area (Å²) in [6, 6.07) is 2.79. The maximum atomic E-state index is 11.7. The van der Waals surface area contributed by atoms with Crippen LogP contribution in [0.5, 0.6) is 0 Å². The van der Waals surface area contributed by atoms with Gasteiger partial charge in [0.05, 0.1) is 19.6 Å². The van der Waals surface area contributed by atoms with E-state index in [1.54, 1.807) is 0 Å². The molecule has 8 heteroatoms. The normalized spacial score (nSPS) is 10.2. The lowest BCUT2D eigenvalue weighted by atomic mass is 10.2. The van der Waals surface area contributed by atoms with Gasteiger partial charge in [0.2, 0.25) is 0 Å². The molecule has 1 heterocycles. The molecule has 0 radical (unpaired) electrons. The number of rotatable bonds is 7. The van der Waals surface area contributed by atoms with Gasteiger partial charge in [-0.15, -0.1) is 0 Å². The lowest BCUT2D eigenvalue weighted by molar-refractivity contribution is -0.138. The van der Waals surface area contributed by atoms with Crippen LogP contribution < -0.4 is 5.32 Å². The number of carboxylic acid groups (broad SMARTS) is 1. The Labute approximate surface area is 119 Å². The van der Waals surface area contributed by atoms with E-state index in [0.717, 1.165) is 0 Å². The monoisotopic (exact) mass is 306 g/mol. The van der Waals surface area contributed by atoms with Crippen LogP contribution in [0.4, 0.5) is 0 Å². The van der Waals surface area contributed by atoms with Gasteiger partial charge < -0.3 is 15.2 Å². The first-order chi connectivity index (χ1) is 8.99. The number of hydrogen-bond acceptors (Lipinski definition) is 4. The summed E-state index contributed by atoms with van der Waals surface area (Å²) in [6.07, 6.45) is -0.0660. The summed E-state index contributed by atoms with van der Waals surface area (Å²) >= 11 is 11.3. The first kappa shape index (κ1) is 15.7. The number of halogens is 2. The quantitative estimate of drug-likeness (QED) is 0.590. The van der Waals surface area contributed by atoms with Gasteiger partial charge in [-0.2, -0.15) is 0 Å². The van der Waals surface area contributed by atoms with Gasteiger partial charge in [0.25, 0.3) is 5.91 Å². The minimum atomic E-state index is -0.926. The minimum absolute atomic E-state index is 0.0660. The summed E-state index contributed by atoms with van der Waals surface area (Å²) in [4.78, 5) is 25.6. The predicted molar refractivity (Wildman–Crippen MR) is 69.7 cm³/mol. The molecule has 0 aliphatic carbocycles. The molecule has 0 unspecified atom stereocenters. The summed E-state index contributed by atoms with van der Waals surface area (Å²) in [5, 5.41) is 11.2. The number of hydrogen-bond donors (Lipinski definition) is 2. The van der Waals surface area contributed by atoms with Crippen LogP contribution in [0, 0.1) is 0 Å². The Morgan fingerprint density at radius 2 is 1.89 bits per heavy atom. The molecule has 1 aromatic heterocycles. The van der Waals surface area contributed by atoms with Gasteiger partial charge in [0.15, 0.2) is 0 Å². The zero-order valence-electron chi connectivity index (χ0n) is 9.86. The number of carbonyl (C=O) groups is 2. The minimum Gasteiger partial charge on any atom is -0.481 e. The molecule has 1 rings (SSSR count). The van der Waals surface area contributed by atoms with Crippen LogP contribution in [0.25, 0.3) is 0 Å². The highest BCUT2D eigenvalue weighted by Crippen LogP contribution is 2.14. The van der Waals surface area contributed by atoms with Crippen molar-refractivity contribution in [3.8, 4) is 0 Å². The fourth-order valence-electron chi connectivity index (χ4n) is 1.20. The van der Waals surface area contributed by atoms with Gasteiger partial charge in [-0.05, 0) is 12.1 Å². The van der Waals surface area contributed by atoms with Crippen LogP contribution in [0.1, 0.15) is 16.8 Å². The number of aliphatic carboxylic acids is 1. The third-order valence-corrected chi connectivity index (χ3v) is 2.40. The van der Waals surface area contributed by atoms with Crippen LogP contribution in [-0.4, -0.2) is 41.7 Å². The molecule has 0 aliphatic rings. The van der Waals surface area contributed by atoms with Gasteiger partial charge in [-0.3, -0.25) is 9.59 Å². The van der Waals surface area contributed by atoms with Crippen molar-refractivity contribution in [3.05, 3.63) is 28.0 Å². The third-order valence-electron chi connectivity index (χ3n) is 2.02. The summed E-state index contributed by atoms with van der Waals surface area (Å²) in [5.41, 5.74) is 0.301. The molecule has 0 aromatic carbocycles. The number of ether oxygens (including phenoxy) is 1. The van der Waals surface area contributed by atoms with Gasteiger partial charge in [-0.25, -0.2) is 4.98 Å². The second kappa shape index (κ2) is 7.93. The van der Waals surface area contributed by atoms with E-state index < -0.39 is 5.97 Å². The number of carbonyl (C=O) groups excluding carboxylic acids is 1. The molecule has 0 spiro atoms. The Hall–Kier alpha value is -1.37. The maximum absolute atomic E-state index is 11.7. The largest absolute Gasteiger partial charge is 0.481 e. The fraction of sp³-hybridized carbons (Fsp3) is 0.364. The van der Waals surface area contributed by atoms with Gasteiger partial charge in [-0.1, -0.05) is 23.2 Å². The molecule has 0 saturated heterocycles. The summed E-state index contributed by atoms with van der Waals surface area (Å²) in [6.45, 7) is 0.597. The second-order valence-corrected chi connectivity index (χ2v) is 4.29. The average molecular weight is 307 g/mol. The molecule has 1 aromatic rings. The number of nitrogens with zero attached hydrogens (tertiary/aromatic N) is 1. The SMILES string of the molecule is O=C(O)CCOCCNC(=O)c1cc(Cl)nc(Cl)c1. The summed E-state index contributed by atoms with van der Waals surface area (Å²) in [5.74, 6) is -1.28. The molecule has 2 N–H and O–H groups in total. The molecule has 0 fully saturated rings. The topological polar surface area (TPSA) is 88.5 Å². The van der Waals surface area contributed by atoms with E-state index in [1.807, 2.05) is 0 Å². The first-order valence-corrected chi connectivity index (χ1v) is 6.15. The Bertz CT molecular complexity index is 448. The Morgan fingerprint density at radius 1 is 1.26 bits per heavy atom. The lowest BCUT2D eigenvalue weighted by Crippen LogP contribution is -2.27. The van der Waals surface area contributed by atoms with E-state index in [1.165, 1.54) is 12.1 Å². The average Bonchev–Trinajstić information content (AvgIpc) is 2.31. The molecule has 0 bridgehead atoms. The number of nitrogens with one attached hydrogen (secondary N) is 1. The van der Waals surface area contributed by atoms with Crippen LogP contribution >= 0.6 is 23.2 Å². The van der Waals surface area contributed by atoms with Crippen molar-refractivity contribution >= 4 is 35.1 Å². The van der Waals surface area contributed by atoms with Gasteiger partial charge in [0.1, 0.15) is 10.3 Å². The van der Waals surface area contributed by atoms with E-state index in [4.69, 9.17) is 33.0 Å². The number of aromatic nitrogens is 1. The van der Waals surface area contributed by atoms with Gasteiger partial charge in [0, 0.05) is 12.1 Å². The predicted octanol–water partition coefficient (Wildman–Crippen LogP) is 1.61. The van der Waals surface area contributed by atoms with E-state index in [0.29, 0.717) is 5.56 Å². The van der Waals surface area contributed by atoms with Crippen LogP contribution in [0.15, 0.2) is 12.1 Å². The molecule has 104 valence electrons. The fourth-order valence-corrected chi connectivity index (χ4v) is 1.66. The molecule has 0 aliphatic heterocycles. The zero-order chi connectivity index (χ0) is 14.3. The number of pyridine rings is 1. The lowest BCUT2D eigenvalue weighted by Gasteiger charge is -2.06. The number of carboxylic acids is 1. The maximum Gasteiger partial charge on any atom is 0.305 e. The van der Waals surface area contributed by atoms with E-state index in [2.05, 4.69) is 10.3 Å². The second-order valence-electron chi connectivity index (χ2n) is 3.51. The van der Waals surface area contributed by atoms with Crippen LogP contribution in [-0.2, 0) is 9.53 Å². The first-order valence-electron chi connectivity index (χ1n) is 5.40. The Balaban J connectivity index is 2.29. The van der Waals surface area contributed by atoms with Crippen molar-refractivity contribution in [2.24, 2.45) is 0 Å². The zero-order valence-corrected chi connectivity index (χ0v) is 11.4. The third kappa shape index (κ3) is 6.37. The van der Waals surface area contributed by atoms with Crippen molar-refractivity contribution in [2.45, 2.75) is 6.42 Å². The summed E-state index contributed by atoms with van der Waals surface area (Å²) < 4.78 is 5.02. The van der Waals surface area contributed by atoms with Crippen molar-refractivity contribution in [1.29, 1.82) is 0 Å². The van der Waals surface area contributed by atoms with E-state index in [-0.39, 0.29) is 42.4 Å². The van der Waals surface area contributed by atoms with E-state index in [9.17, 15) is 9.59 Å². The molecule has 1 amide bonds. The Morgan fingerprint density at radius 3 is 2.47 bits per heavy atom. The van der Waals surface area contributed by atoms with E-state index >= 15 is 0 Å². The molecular weight excluding hydrogens is 295 g/mol. The molecule has 0 atom stereocenters. The highest BCUT2D eigenvalue weighted by atomic mass is 35.5. The summed E-state index contributed by atoms with van der Waals surface area (Å²) in [7, 11) is 0. The Kier molecular flexibility index (Phi) is 6.55. The smallest absolute Gasteiger partial charge is 0.305 e. The van der Waals surface area contributed by atoms with Crippen molar-refractivity contribution in [1.82, 2.24) is 10.3 Å². The van der Waals surface area contributed by atoms with Crippen LogP contribution in [0.2, 0.25) is 10.3 Å².